The van der Waals surface area contributed by atoms with Crippen LogP contribution in [0.3, 0.4) is 0 Å². The molecule has 1 aliphatic rings. The van der Waals surface area contributed by atoms with Crippen LogP contribution in [0.15, 0.2) is 48.5 Å². The summed E-state index contributed by atoms with van der Waals surface area (Å²) in [7, 11) is 1.64. The van der Waals surface area contributed by atoms with Crippen LogP contribution in [-0.2, 0) is 11.3 Å². The molecule has 150 valence electrons. The molecule has 2 heterocycles. The van der Waals surface area contributed by atoms with Gasteiger partial charge in [-0.1, -0.05) is 30.3 Å². The van der Waals surface area contributed by atoms with Crippen LogP contribution >= 0.6 is 0 Å². The molecule has 1 aliphatic heterocycles. The van der Waals surface area contributed by atoms with Crippen LogP contribution in [0.1, 0.15) is 37.3 Å². The van der Waals surface area contributed by atoms with Gasteiger partial charge >= 0.3 is 0 Å². The number of carbonyl (C=O) groups is 1. The molecule has 0 bridgehead atoms. The van der Waals surface area contributed by atoms with E-state index in [1.54, 1.807) is 23.6 Å². The molecule has 0 saturated carbocycles. The average Bonchev–Trinajstić information content (AvgIpc) is 3.35. The topological polar surface area (TPSA) is 80.5 Å². The molecule has 7 heteroatoms. The lowest BCUT2D eigenvalue weighted by Gasteiger charge is -2.16. The monoisotopic (exact) mass is 392 g/mol. The predicted octanol–water partition coefficient (Wildman–Crippen LogP) is 3.18. The molecule has 1 aromatic heterocycles. The maximum Gasteiger partial charge on any atom is 0.227 e. The molecule has 1 N–H and O–H groups in total. The molecule has 1 fully saturated rings. The SMILES string of the molecule is COc1ccccc1Cn1nc(C(C)O)nc1-c1cccc(N2CCCC2=O)c1. The van der Waals surface area contributed by atoms with E-state index in [1.807, 2.05) is 48.5 Å². The second-order valence-electron chi connectivity index (χ2n) is 7.14. The number of carbonyl (C=O) groups excluding carboxylic acids is 1. The zero-order valence-corrected chi connectivity index (χ0v) is 16.6. The van der Waals surface area contributed by atoms with Gasteiger partial charge in [0.25, 0.3) is 0 Å². The van der Waals surface area contributed by atoms with Crippen LogP contribution in [0, 0.1) is 0 Å². The average molecular weight is 392 g/mol. The van der Waals surface area contributed by atoms with Gasteiger partial charge in [-0.2, -0.15) is 5.10 Å². The van der Waals surface area contributed by atoms with E-state index in [0.29, 0.717) is 24.6 Å². The van der Waals surface area contributed by atoms with Gasteiger partial charge < -0.3 is 14.7 Å². The van der Waals surface area contributed by atoms with E-state index in [1.165, 1.54) is 0 Å². The molecule has 1 amide bonds. The Bertz CT molecular complexity index is 1030. The molecule has 4 rings (SSSR count). The zero-order chi connectivity index (χ0) is 20.4. The molecule has 1 saturated heterocycles. The highest BCUT2D eigenvalue weighted by atomic mass is 16.5. The van der Waals surface area contributed by atoms with E-state index in [2.05, 4.69) is 10.1 Å². The van der Waals surface area contributed by atoms with Crippen molar-refractivity contribution in [1.29, 1.82) is 0 Å². The van der Waals surface area contributed by atoms with Crippen molar-refractivity contribution >= 4 is 11.6 Å². The number of hydrogen-bond acceptors (Lipinski definition) is 5. The van der Waals surface area contributed by atoms with E-state index in [9.17, 15) is 9.90 Å². The Morgan fingerprint density at radius 1 is 1.21 bits per heavy atom. The number of amides is 1. The van der Waals surface area contributed by atoms with Crippen molar-refractivity contribution in [3.05, 3.63) is 59.9 Å². The van der Waals surface area contributed by atoms with Crippen molar-refractivity contribution in [3.8, 4) is 17.1 Å². The van der Waals surface area contributed by atoms with Gasteiger partial charge in [0.2, 0.25) is 5.91 Å². The van der Waals surface area contributed by atoms with Gasteiger partial charge in [-0.3, -0.25) is 4.79 Å². The fraction of sp³-hybridized carbons (Fsp3) is 0.318. The van der Waals surface area contributed by atoms with E-state index in [0.717, 1.165) is 35.5 Å². The van der Waals surface area contributed by atoms with Crippen LogP contribution in [0.2, 0.25) is 0 Å². The van der Waals surface area contributed by atoms with E-state index in [-0.39, 0.29) is 5.91 Å². The van der Waals surface area contributed by atoms with Crippen LogP contribution in [-0.4, -0.2) is 39.4 Å². The first-order valence-electron chi connectivity index (χ1n) is 9.72. The number of nitrogens with zero attached hydrogens (tertiary/aromatic N) is 4. The van der Waals surface area contributed by atoms with Gasteiger partial charge in [0, 0.05) is 29.8 Å². The minimum atomic E-state index is -0.781. The minimum Gasteiger partial charge on any atom is -0.496 e. The fourth-order valence-electron chi connectivity index (χ4n) is 3.59. The summed E-state index contributed by atoms with van der Waals surface area (Å²) in [6.45, 7) is 2.83. The molecular formula is C22H24N4O3. The zero-order valence-electron chi connectivity index (χ0n) is 16.6. The number of para-hydroxylation sites is 1. The van der Waals surface area contributed by atoms with Crippen molar-refractivity contribution in [2.45, 2.75) is 32.4 Å². The first-order chi connectivity index (χ1) is 14.1. The lowest BCUT2D eigenvalue weighted by molar-refractivity contribution is -0.117. The van der Waals surface area contributed by atoms with Gasteiger partial charge in [0.15, 0.2) is 11.6 Å². The lowest BCUT2D eigenvalue weighted by Crippen LogP contribution is -2.23. The molecule has 3 aromatic rings. The molecule has 0 radical (unpaired) electrons. The first-order valence-corrected chi connectivity index (χ1v) is 9.72. The Kier molecular flexibility index (Phi) is 5.31. The third kappa shape index (κ3) is 3.86. The number of aliphatic hydroxyl groups excluding tert-OH is 1. The molecule has 7 nitrogen and oxygen atoms in total. The van der Waals surface area contributed by atoms with Crippen molar-refractivity contribution in [1.82, 2.24) is 14.8 Å². The van der Waals surface area contributed by atoms with Gasteiger partial charge in [0.1, 0.15) is 11.9 Å². The highest BCUT2D eigenvalue weighted by Crippen LogP contribution is 2.28. The summed E-state index contributed by atoms with van der Waals surface area (Å²) in [5.41, 5.74) is 2.66. The summed E-state index contributed by atoms with van der Waals surface area (Å²) in [6, 6.07) is 15.5. The molecule has 2 aromatic carbocycles. The molecule has 29 heavy (non-hydrogen) atoms. The van der Waals surface area contributed by atoms with Crippen molar-refractivity contribution < 1.29 is 14.6 Å². The third-order valence-corrected chi connectivity index (χ3v) is 5.06. The lowest BCUT2D eigenvalue weighted by atomic mass is 10.1. The Morgan fingerprint density at radius 3 is 2.76 bits per heavy atom. The molecule has 0 aliphatic carbocycles. The summed E-state index contributed by atoms with van der Waals surface area (Å²) in [4.78, 5) is 18.5. The second-order valence-corrected chi connectivity index (χ2v) is 7.14. The summed E-state index contributed by atoms with van der Waals surface area (Å²) in [5.74, 6) is 1.91. The third-order valence-electron chi connectivity index (χ3n) is 5.06. The summed E-state index contributed by atoms with van der Waals surface area (Å²) >= 11 is 0. The molecule has 1 atom stereocenters. The van der Waals surface area contributed by atoms with Gasteiger partial charge in [-0.15, -0.1) is 0 Å². The highest BCUT2D eigenvalue weighted by Gasteiger charge is 2.23. The fourth-order valence-corrected chi connectivity index (χ4v) is 3.59. The Morgan fingerprint density at radius 2 is 2.03 bits per heavy atom. The standard InChI is InChI=1S/C22H24N4O3/c1-15(27)21-23-22(26(24-21)14-17-7-3-4-10-19(17)29-2)16-8-5-9-18(13-16)25-12-6-11-20(25)28/h3-5,7-10,13,15,27H,6,11-12,14H2,1-2H3. The number of aromatic nitrogens is 3. The van der Waals surface area contributed by atoms with Crippen molar-refractivity contribution in [2.75, 3.05) is 18.6 Å². The molecule has 0 spiro atoms. The van der Waals surface area contributed by atoms with Crippen LogP contribution < -0.4 is 9.64 Å². The number of methoxy groups -OCH3 is 1. The Hall–Kier alpha value is -3.19. The van der Waals surface area contributed by atoms with Crippen LogP contribution in [0.5, 0.6) is 5.75 Å². The number of benzene rings is 2. The number of hydrogen-bond donors (Lipinski definition) is 1. The number of ether oxygens (including phenoxy) is 1. The highest BCUT2D eigenvalue weighted by molar-refractivity contribution is 5.95. The quantitative estimate of drug-likeness (QED) is 0.697. The maximum atomic E-state index is 12.1. The van der Waals surface area contributed by atoms with Gasteiger partial charge in [0.05, 0.1) is 13.7 Å². The number of anilines is 1. The Balaban J connectivity index is 1.74. The summed E-state index contributed by atoms with van der Waals surface area (Å²) < 4.78 is 7.23. The van der Waals surface area contributed by atoms with E-state index in [4.69, 9.17) is 4.74 Å². The van der Waals surface area contributed by atoms with Crippen molar-refractivity contribution in [2.24, 2.45) is 0 Å². The predicted molar refractivity (Wildman–Crippen MR) is 110 cm³/mol. The summed E-state index contributed by atoms with van der Waals surface area (Å²) in [6.07, 6.45) is 0.676. The largest absolute Gasteiger partial charge is 0.496 e. The van der Waals surface area contributed by atoms with Crippen LogP contribution in [0.4, 0.5) is 5.69 Å². The van der Waals surface area contributed by atoms with Crippen LogP contribution in [0.25, 0.3) is 11.4 Å². The molecule has 1 unspecified atom stereocenters. The Labute approximate surface area is 169 Å². The maximum absolute atomic E-state index is 12.1. The van der Waals surface area contributed by atoms with Gasteiger partial charge in [-0.25, -0.2) is 9.67 Å². The van der Waals surface area contributed by atoms with Crippen molar-refractivity contribution in [3.63, 3.8) is 0 Å². The smallest absolute Gasteiger partial charge is 0.227 e. The minimum absolute atomic E-state index is 0.141. The first kappa shape index (κ1) is 19.1. The number of aliphatic hydroxyl groups is 1. The number of rotatable bonds is 6. The summed E-state index contributed by atoms with van der Waals surface area (Å²) in [5, 5.41) is 14.5. The van der Waals surface area contributed by atoms with E-state index < -0.39 is 6.10 Å². The van der Waals surface area contributed by atoms with Gasteiger partial charge in [-0.05, 0) is 31.5 Å². The molecular weight excluding hydrogens is 368 g/mol. The second kappa shape index (κ2) is 8.05. The normalized spacial score (nSPS) is 15.0. The van der Waals surface area contributed by atoms with E-state index >= 15 is 0 Å².